The molecule has 0 spiro atoms. The highest BCUT2D eigenvalue weighted by molar-refractivity contribution is 5.91. The zero-order chi connectivity index (χ0) is 19.6. The molecule has 1 aliphatic heterocycles. The quantitative estimate of drug-likeness (QED) is 0.825. The van der Waals surface area contributed by atoms with E-state index in [2.05, 4.69) is 0 Å². The van der Waals surface area contributed by atoms with Crippen molar-refractivity contribution in [2.45, 2.75) is 27.3 Å². The molecule has 1 aliphatic rings. The Hall–Kier alpha value is -2.83. The highest BCUT2D eigenvalue weighted by atomic mass is 16.4. The van der Waals surface area contributed by atoms with Crippen molar-refractivity contribution < 1.29 is 14.0 Å². The van der Waals surface area contributed by atoms with E-state index in [1.807, 2.05) is 20.8 Å². The van der Waals surface area contributed by atoms with E-state index in [0.29, 0.717) is 31.9 Å². The zero-order valence-electron chi connectivity index (χ0n) is 16.0. The van der Waals surface area contributed by atoms with Crippen LogP contribution < -0.4 is 5.56 Å². The summed E-state index contributed by atoms with van der Waals surface area (Å²) < 4.78 is 7.17. The fourth-order valence-electron chi connectivity index (χ4n) is 3.08. The average Bonchev–Trinajstić information content (AvgIpc) is 3.10. The molecule has 0 atom stereocenters. The molecule has 144 valence electrons. The van der Waals surface area contributed by atoms with Crippen molar-refractivity contribution in [1.82, 2.24) is 14.4 Å². The molecule has 1 fully saturated rings. The number of rotatable bonds is 3. The molecule has 3 heterocycles. The summed E-state index contributed by atoms with van der Waals surface area (Å²) >= 11 is 0. The molecule has 0 unspecified atom stereocenters. The van der Waals surface area contributed by atoms with Crippen LogP contribution in [-0.4, -0.2) is 52.4 Å². The van der Waals surface area contributed by atoms with Crippen LogP contribution in [0.15, 0.2) is 45.7 Å². The van der Waals surface area contributed by atoms with Crippen LogP contribution in [0.1, 0.15) is 37.1 Å². The third-order valence-electron chi connectivity index (χ3n) is 4.59. The molecule has 0 N–H and O–H groups in total. The Kier molecular flexibility index (Phi) is 5.21. The van der Waals surface area contributed by atoms with Crippen LogP contribution in [0.5, 0.6) is 0 Å². The molecule has 0 saturated carbocycles. The van der Waals surface area contributed by atoms with Crippen LogP contribution in [0.25, 0.3) is 0 Å². The van der Waals surface area contributed by atoms with Crippen molar-refractivity contribution in [3.05, 3.63) is 58.4 Å². The van der Waals surface area contributed by atoms with Gasteiger partial charge in [-0.1, -0.05) is 26.8 Å². The maximum Gasteiger partial charge on any atom is 0.289 e. The summed E-state index contributed by atoms with van der Waals surface area (Å²) in [6, 6.07) is 8.28. The summed E-state index contributed by atoms with van der Waals surface area (Å²) in [5.41, 5.74) is -0.543. The molecule has 0 aliphatic carbocycles. The lowest BCUT2D eigenvalue weighted by Crippen LogP contribution is -2.53. The normalized spacial score (nSPS) is 15.1. The van der Waals surface area contributed by atoms with E-state index in [1.54, 1.807) is 40.3 Å². The summed E-state index contributed by atoms with van der Waals surface area (Å²) in [6.07, 6.45) is 1.68. The van der Waals surface area contributed by atoms with E-state index in [4.69, 9.17) is 4.42 Å². The Morgan fingerprint density at radius 3 is 2.30 bits per heavy atom. The second kappa shape index (κ2) is 7.42. The van der Waals surface area contributed by atoms with Gasteiger partial charge < -0.3 is 18.8 Å². The number of carbonyl (C=O) groups is 2. The van der Waals surface area contributed by atoms with Gasteiger partial charge in [-0.3, -0.25) is 14.4 Å². The van der Waals surface area contributed by atoms with Crippen LogP contribution >= 0.6 is 0 Å². The lowest BCUT2D eigenvalue weighted by Gasteiger charge is -2.37. The molecule has 0 aromatic carbocycles. The summed E-state index contributed by atoms with van der Waals surface area (Å²) in [7, 11) is 0. The van der Waals surface area contributed by atoms with E-state index < -0.39 is 5.41 Å². The highest BCUT2D eigenvalue weighted by Crippen LogP contribution is 2.19. The molecule has 3 rings (SSSR count). The lowest BCUT2D eigenvalue weighted by atomic mass is 9.94. The first kappa shape index (κ1) is 18.9. The van der Waals surface area contributed by atoms with E-state index in [0.717, 1.165) is 0 Å². The largest absolute Gasteiger partial charge is 0.454 e. The van der Waals surface area contributed by atoms with Gasteiger partial charge in [0.25, 0.3) is 11.5 Å². The SMILES string of the molecule is CC(C)(C)C(=O)N1CCN(C(=O)c2ccc(Cn3ccccc3=O)o2)CC1. The van der Waals surface area contributed by atoms with Crippen LogP contribution in [0.2, 0.25) is 0 Å². The van der Waals surface area contributed by atoms with Crippen molar-refractivity contribution in [3.8, 4) is 0 Å². The minimum absolute atomic E-state index is 0.100. The van der Waals surface area contributed by atoms with Gasteiger partial charge in [-0.2, -0.15) is 0 Å². The van der Waals surface area contributed by atoms with Crippen molar-refractivity contribution in [3.63, 3.8) is 0 Å². The first-order valence-electron chi connectivity index (χ1n) is 9.08. The van der Waals surface area contributed by atoms with Crippen LogP contribution in [0, 0.1) is 5.41 Å². The number of pyridine rings is 1. The van der Waals surface area contributed by atoms with Gasteiger partial charge in [0.05, 0.1) is 6.54 Å². The molecule has 2 amide bonds. The summed E-state index contributed by atoms with van der Waals surface area (Å²) in [5.74, 6) is 0.713. The van der Waals surface area contributed by atoms with Gasteiger partial charge in [-0.05, 0) is 18.2 Å². The molecule has 0 radical (unpaired) electrons. The Bertz CT molecular complexity index is 883. The molecule has 2 aromatic heterocycles. The van der Waals surface area contributed by atoms with Gasteiger partial charge in [-0.25, -0.2) is 0 Å². The topological polar surface area (TPSA) is 75.8 Å². The highest BCUT2D eigenvalue weighted by Gasteiger charge is 2.31. The smallest absolute Gasteiger partial charge is 0.289 e. The number of amides is 2. The first-order valence-corrected chi connectivity index (χ1v) is 9.08. The number of hydrogen-bond donors (Lipinski definition) is 0. The van der Waals surface area contributed by atoms with Gasteiger partial charge in [0.2, 0.25) is 5.91 Å². The van der Waals surface area contributed by atoms with Crippen molar-refractivity contribution >= 4 is 11.8 Å². The summed E-state index contributed by atoms with van der Waals surface area (Å²) in [6.45, 7) is 7.98. The third-order valence-corrected chi connectivity index (χ3v) is 4.59. The summed E-state index contributed by atoms with van der Waals surface area (Å²) in [4.78, 5) is 40.3. The molecule has 2 aromatic rings. The van der Waals surface area contributed by atoms with Gasteiger partial charge in [0.1, 0.15) is 5.76 Å². The number of carbonyl (C=O) groups excluding carboxylic acids is 2. The molecular formula is C20H25N3O4. The molecule has 1 saturated heterocycles. The second-order valence-corrected chi connectivity index (χ2v) is 7.77. The second-order valence-electron chi connectivity index (χ2n) is 7.77. The summed E-state index contributed by atoms with van der Waals surface area (Å²) in [5, 5.41) is 0. The fraction of sp³-hybridized carbons (Fsp3) is 0.450. The number of piperazine rings is 1. The molecule has 27 heavy (non-hydrogen) atoms. The minimum atomic E-state index is -0.419. The molecular weight excluding hydrogens is 346 g/mol. The predicted octanol–water partition coefficient (Wildman–Crippen LogP) is 1.82. The fourth-order valence-corrected chi connectivity index (χ4v) is 3.08. The van der Waals surface area contributed by atoms with E-state index >= 15 is 0 Å². The van der Waals surface area contributed by atoms with E-state index in [9.17, 15) is 14.4 Å². The number of hydrogen-bond acceptors (Lipinski definition) is 4. The van der Waals surface area contributed by atoms with Gasteiger partial charge in [0, 0.05) is 43.9 Å². The number of aromatic nitrogens is 1. The minimum Gasteiger partial charge on any atom is -0.454 e. The monoisotopic (exact) mass is 371 g/mol. The molecule has 7 nitrogen and oxygen atoms in total. The van der Waals surface area contributed by atoms with Gasteiger partial charge in [-0.15, -0.1) is 0 Å². The maximum absolute atomic E-state index is 12.7. The Balaban J connectivity index is 1.61. The van der Waals surface area contributed by atoms with Crippen LogP contribution in [0.3, 0.4) is 0 Å². The number of nitrogens with zero attached hydrogens (tertiary/aromatic N) is 3. The lowest BCUT2D eigenvalue weighted by molar-refractivity contribution is -0.140. The molecule has 7 heteroatoms. The maximum atomic E-state index is 12.7. The first-order chi connectivity index (χ1) is 12.8. The number of furan rings is 1. The van der Waals surface area contributed by atoms with Crippen LogP contribution in [0.4, 0.5) is 0 Å². The van der Waals surface area contributed by atoms with E-state index in [-0.39, 0.29) is 29.7 Å². The predicted molar refractivity (Wildman–Crippen MR) is 100 cm³/mol. The van der Waals surface area contributed by atoms with Crippen molar-refractivity contribution in [1.29, 1.82) is 0 Å². The van der Waals surface area contributed by atoms with Crippen molar-refractivity contribution in [2.24, 2.45) is 5.41 Å². The van der Waals surface area contributed by atoms with Crippen molar-refractivity contribution in [2.75, 3.05) is 26.2 Å². The Morgan fingerprint density at radius 1 is 1.00 bits per heavy atom. The zero-order valence-corrected chi connectivity index (χ0v) is 16.0. The standard InChI is InChI=1S/C20H25N3O4/c1-20(2,3)19(26)22-12-10-21(11-13-22)18(25)16-8-7-15(27-16)14-23-9-5-4-6-17(23)24/h4-9H,10-14H2,1-3H3. The average molecular weight is 371 g/mol. The molecule has 0 bridgehead atoms. The van der Waals surface area contributed by atoms with Crippen LogP contribution in [-0.2, 0) is 11.3 Å². The van der Waals surface area contributed by atoms with Gasteiger partial charge in [0.15, 0.2) is 5.76 Å². The third kappa shape index (κ3) is 4.30. The van der Waals surface area contributed by atoms with E-state index in [1.165, 1.54) is 10.6 Å². The Labute approximate surface area is 158 Å². The Morgan fingerprint density at radius 2 is 1.67 bits per heavy atom. The van der Waals surface area contributed by atoms with Gasteiger partial charge >= 0.3 is 0 Å².